The zero-order valence-electron chi connectivity index (χ0n) is 12.9. The molecule has 4 nitrogen and oxygen atoms in total. The fourth-order valence-electron chi connectivity index (χ4n) is 2.95. The van der Waals surface area contributed by atoms with E-state index in [2.05, 4.69) is 23.2 Å². The van der Waals surface area contributed by atoms with Gasteiger partial charge in [-0.3, -0.25) is 9.98 Å². The molecule has 0 N–H and O–H groups in total. The molecule has 0 amide bonds. The molecular formula is C19H18N2O2. The van der Waals surface area contributed by atoms with Crippen LogP contribution in [0, 0.1) is 0 Å². The highest BCUT2D eigenvalue weighted by Gasteiger charge is 2.15. The number of aromatic nitrogens is 1. The minimum atomic E-state index is 0.607. The maximum atomic E-state index is 5.67. The van der Waals surface area contributed by atoms with E-state index in [4.69, 9.17) is 14.5 Å². The molecule has 0 aliphatic carbocycles. The van der Waals surface area contributed by atoms with E-state index >= 15 is 0 Å². The first-order valence-corrected chi connectivity index (χ1v) is 7.95. The largest absolute Gasteiger partial charge is 0.486 e. The molecule has 0 fully saturated rings. The zero-order chi connectivity index (χ0) is 15.5. The Hall–Kier alpha value is -2.62. The van der Waals surface area contributed by atoms with Gasteiger partial charge in [-0.15, -0.1) is 0 Å². The Bertz CT molecular complexity index is 766. The second-order valence-electron chi connectivity index (χ2n) is 5.65. The summed E-state index contributed by atoms with van der Waals surface area (Å²) in [6.07, 6.45) is 7.98. The Labute approximate surface area is 135 Å². The quantitative estimate of drug-likeness (QED) is 0.852. The van der Waals surface area contributed by atoms with Gasteiger partial charge in [-0.05, 0) is 54.3 Å². The second-order valence-corrected chi connectivity index (χ2v) is 5.65. The van der Waals surface area contributed by atoms with Gasteiger partial charge < -0.3 is 9.47 Å². The fourth-order valence-corrected chi connectivity index (χ4v) is 2.95. The van der Waals surface area contributed by atoms with Gasteiger partial charge in [-0.25, -0.2) is 0 Å². The summed E-state index contributed by atoms with van der Waals surface area (Å²) >= 11 is 0. The first kappa shape index (κ1) is 14.0. The molecule has 2 aliphatic rings. The van der Waals surface area contributed by atoms with Crippen LogP contribution >= 0.6 is 0 Å². The molecule has 0 saturated heterocycles. The van der Waals surface area contributed by atoms with Crippen LogP contribution in [0.25, 0.3) is 6.08 Å². The van der Waals surface area contributed by atoms with Crippen molar-refractivity contribution in [2.24, 2.45) is 4.99 Å². The van der Waals surface area contributed by atoms with E-state index in [1.54, 1.807) is 6.20 Å². The van der Waals surface area contributed by atoms with Gasteiger partial charge in [0.2, 0.25) is 0 Å². The zero-order valence-corrected chi connectivity index (χ0v) is 12.9. The van der Waals surface area contributed by atoms with Crippen molar-refractivity contribution in [1.82, 2.24) is 4.98 Å². The molecule has 116 valence electrons. The summed E-state index contributed by atoms with van der Waals surface area (Å²) in [6.45, 7) is 2.10. The Morgan fingerprint density at radius 1 is 1.04 bits per heavy atom. The normalized spacial score (nSPS) is 18.6. The molecule has 2 aromatic rings. The number of hydrogen-bond acceptors (Lipinski definition) is 4. The van der Waals surface area contributed by atoms with Crippen molar-refractivity contribution in [1.29, 1.82) is 0 Å². The highest BCUT2D eigenvalue weighted by Crippen LogP contribution is 2.32. The molecular weight excluding hydrogens is 288 g/mol. The van der Waals surface area contributed by atoms with Crippen LogP contribution in [0.2, 0.25) is 0 Å². The predicted molar refractivity (Wildman–Crippen MR) is 90.3 cm³/mol. The molecule has 0 atom stereocenters. The van der Waals surface area contributed by atoms with E-state index in [0.29, 0.717) is 13.2 Å². The minimum absolute atomic E-state index is 0.607. The molecule has 3 heterocycles. The monoisotopic (exact) mass is 306 g/mol. The van der Waals surface area contributed by atoms with Crippen molar-refractivity contribution < 1.29 is 9.47 Å². The van der Waals surface area contributed by atoms with E-state index < -0.39 is 0 Å². The number of rotatable bonds is 2. The number of allylic oxidation sites excluding steroid dienone is 1. The third-order valence-corrected chi connectivity index (χ3v) is 4.02. The van der Waals surface area contributed by atoms with E-state index in [1.165, 1.54) is 5.57 Å². The van der Waals surface area contributed by atoms with Crippen LogP contribution in [0.15, 0.2) is 53.3 Å². The molecule has 0 radical (unpaired) electrons. The van der Waals surface area contributed by atoms with Crippen molar-refractivity contribution in [2.75, 3.05) is 19.8 Å². The smallest absolute Gasteiger partial charge is 0.161 e. The summed E-state index contributed by atoms with van der Waals surface area (Å²) < 4.78 is 11.3. The van der Waals surface area contributed by atoms with E-state index in [9.17, 15) is 0 Å². The highest BCUT2D eigenvalue weighted by atomic mass is 16.6. The van der Waals surface area contributed by atoms with Crippen LogP contribution in [0.5, 0.6) is 11.5 Å². The summed E-state index contributed by atoms with van der Waals surface area (Å²) in [5.74, 6) is 1.64. The van der Waals surface area contributed by atoms with Gasteiger partial charge in [-0.1, -0.05) is 6.07 Å². The summed E-state index contributed by atoms with van der Waals surface area (Å²) in [4.78, 5) is 8.93. The number of pyridine rings is 1. The van der Waals surface area contributed by atoms with Crippen LogP contribution in [-0.4, -0.2) is 30.5 Å². The van der Waals surface area contributed by atoms with Crippen molar-refractivity contribution in [2.45, 2.75) is 12.8 Å². The third kappa shape index (κ3) is 2.97. The Balaban J connectivity index is 1.69. The average molecular weight is 306 g/mol. The predicted octanol–water partition coefficient (Wildman–Crippen LogP) is 3.52. The molecule has 2 aliphatic heterocycles. The molecule has 1 aromatic carbocycles. The Morgan fingerprint density at radius 3 is 2.83 bits per heavy atom. The molecule has 0 bridgehead atoms. The molecule has 0 unspecified atom stereocenters. The van der Waals surface area contributed by atoms with Crippen LogP contribution < -0.4 is 9.47 Å². The van der Waals surface area contributed by atoms with E-state index in [1.807, 2.05) is 24.4 Å². The second kappa shape index (κ2) is 6.24. The lowest BCUT2D eigenvalue weighted by Gasteiger charge is -2.19. The summed E-state index contributed by atoms with van der Waals surface area (Å²) in [5, 5.41) is 0. The van der Waals surface area contributed by atoms with Crippen molar-refractivity contribution in [3.8, 4) is 11.5 Å². The number of hydrogen-bond donors (Lipinski definition) is 0. The third-order valence-electron chi connectivity index (χ3n) is 4.02. The first-order chi connectivity index (χ1) is 11.4. The van der Waals surface area contributed by atoms with Crippen LogP contribution in [0.1, 0.15) is 24.0 Å². The number of benzene rings is 1. The van der Waals surface area contributed by atoms with Crippen LogP contribution in [0.4, 0.5) is 0 Å². The minimum Gasteiger partial charge on any atom is -0.486 e. The summed E-state index contributed by atoms with van der Waals surface area (Å²) in [6, 6.07) is 10.1. The standard InChI is InChI=1S/C19H18N2O2/c1-4-16(13-20-7-1)19-15(3-2-8-21-19)11-14-5-6-17-18(12-14)23-10-9-22-17/h1,4-7,11-13H,2-3,8-10H2/b15-11+. The summed E-state index contributed by atoms with van der Waals surface area (Å²) in [7, 11) is 0. The molecule has 0 spiro atoms. The van der Waals surface area contributed by atoms with Crippen molar-refractivity contribution in [3.63, 3.8) is 0 Å². The lowest BCUT2D eigenvalue weighted by atomic mass is 9.95. The number of nitrogens with zero attached hydrogens (tertiary/aromatic N) is 2. The Kier molecular flexibility index (Phi) is 3.80. The van der Waals surface area contributed by atoms with Crippen molar-refractivity contribution in [3.05, 3.63) is 59.4 Å². The topological polar surface area (TPSA) is 43.7 Å². The lowest BCUT2D eigenvalue weighted by Crippen LogP contribution is -2.15. The fraction of sp³-hybridized carbons (Fsp3) is 0.263. The van der Waals surface area contributed by atoms with Gasteiger partial charge in [0.1, 0.15) is 13.2 Å². The van der Waals surface area contributed by atoms with Crippen LogP contribution in [0.3, 0.4) is 0 Å². The average Bonchev–Trinajstić information content (AvgIpc) is 2.63. The molecule has 0 saturated carbocycles. The molecule has 4 rings (SSSR count). The number of fused-ring (bicyclic) bond motifs is 1. The molecule has 4 heteroatoms. The van der Waals surface area contributed by atoms with Gasteiger partial charge in [0.05, 0.1) is 5.71 Å². The van der Waals surface area contributed by atoms with Gasteiger partial charge in [0.15, 0.2) is 11.5 Å². The molecule has 1 aromatic heterocycles. The van der Waals surface area contributed by atoms with Gasteiger partial charge in [0.25, 0.3) is 0 Å². The lowest BCUT2D eigenvalue weighted by molar-refractivity contribution is 0.171. The molecule has 23 heavy (non-hydrogen) atoms. The van der Waals surface area contributed by atoms with Gasteiger partial charge in [-0.2, -0.15) is 0 Å². The maximum absolute atomic E-state index is 5.67. The van der Waals surface area contributed by atoms with Gasteiger partial charge in [0, 0.05) is 24.5 Å². The maximum Gasteiger partial charge on any atom is 0.161 e. The number of aliphatic imine (C=N–C) groups is 1. The highest BCUT2D eigenvalue weighted by molar-refractivity contribution is 6.15. The van der Waals surface area contributed by atoms with E-state index in [-0.39, 0.29) is 0 Å². The van der Waals surface area contributed by atoms with Crippen molar-refractivity contribution >= 4 is 11.8 Å². The van der Waals surface area contributed by atoms with Gasteiger partial charge >= 0.3 is 0 Å². The summed E-state index contributed by atoms with van der Waals surface area (Å²) in [5.41, 5.74) is 4.50. The number of ether oxygens (including phenoxy) is 2. The Morgan fingerprint density at radius 2 is 1.96 bits per heavy atom. The van der Waals surface area contributed by atoms with Crippen LogP contribution in [-0.2, 0) is 0 Å². The van der Waals surface area contributed by atoms with E-state index in [0.717, 1.165) is 47.7 Å². The SMILES string of the molecule is C(=C1/CCCN=C1c1cccnc1)/c1ccc2c(c1)OCCO2. The first-order valence-electron chi connectivity index (χ1n) is 7.95.